The van der Waals surface area contributed by atoms with Gasteiger partial charge in [-0.3, -0.25) is 5.10 Å². The summed E-state index contributed by atoms with van der Waals surface area (Å²) < 4.78 is 0. The molecule has 1 aromatic carbocycles. The maximum atomic E-state index is 5.91. The average molecular weight is 277 g/mol. The number of aromatic amines is 1. The van der Waals surface area contributed by atoms with Crippen molar-refractivity contribution in [2.75, 3.05) is 31.1 Å². The maximum Gasteiger partial charge on any atom is 0.0786 e. The summed E-state index contributed by atoms with van der Waals surface area (Å²) in [4.78, 5) is 2.38. The van der Waals surface area contributed by atoms with E-state index in [9.17, 15) is 0 Å². The monoisotopic (exact) mass is 276 g/mol. The highest BCUT2D eigenvalue weighted by atomic mass is 35.5. The van der Waals surface area contributed by atoms with Crippen LogP contribution in [0.3, 0.4) is 0 Å². The summed E-state index contributed by atoms with van der Waals surface area (Å²) in [5.41, 5.74) is 3.63. The Balaban J connectivity index is 1.77. The van der Waals surface area contributed by atoms with Crippen LogP contribution in [0.1, 0.15) is 11.3 Å². The second kappa shape index (κ2) is 5.63. The molecule has 1 saturated heterocycles. The van der Waals surface area contributed by atoms with Gasteiger partial charge in [0.15, 0.2) is 0 Å². The zero-order valence-corrected chi connectivity index (χ0v) is 11.5. The molecule has 0 saturated carbocycles. The van der Waals surface area contributed by atoms with E-state index in [1.807, 2.05) is 18.3 Å². The first-order chi connectivity index (χ1) is 9.33. The summed E-state index contributed by atoms with van der Waals surface area (Å²) in [6.45, 7) is 4.14. The van der Waals surface area contributed by atoms with Gasteiger partial charge in [0.25, 0.3) is 0 Å². The van der Waals surface area contributed by atoms with E-state index >= 15 is 0 Å². The Morgan fingerprint density at radius 2 is 1.89 bits per heavy atom. The number of piperazine rings is 1. The molecule has 1 fully saturated rings. The Morgan fingerprint density at radius 3 is 2.63 bits per heavy atom. The van der Waals surface area contributed by atoms with Gasteiger partial charge in [0.05, 0.1) is 17.6 Å². The Kier molecular flexibility index (Phi) is 3.71. The molecule has 19 heavy (non-hydrogen) atoms. The number of rotatable bonds is 3. The van der Waals surface area contributed by atoms with Gasteiger partial charge in [0, 0.05) is 37.6 Å². The van der Waals surface area contributed by atoms with Crippen LogP contribution >= 0.6 is 11.6 Å². The van der Waals surface area contributed by atoms with Crippen molar-refractivity contribution in [1.82, 2.24) is 15.5 Å². The van der Waals surface area contributed by atoms with Crippen LogP contribution < -0.4 is 10.2 Å². The van der Waals surface area contributed by atoms with Crippen LogP contribution in [0.25, 0.3) is 0 Å². The average Bonchev–Trinajstić information content (AvgIpc) is 2.90. The zero-order chi connectivity index (χ0) is 13.1. The second-order valence-electron chi connectivity index (χ2n) is 4.77. The number of benzene rings is 1. The molecule has 5 heteroatoms. The highest BCUT2D eigenvalue weighted by molar-refractivity contribution is 6.30. The van der Waals surface area contributed by atoms with E-state index in [0.717, 1.165) is 37.6 Å². The van der Waals surface area contributed by atoms with Crippen LogP contribution in [0.2, 0.25) is 5.02 Å². The summed E-state index contributed by atoms with van der Waals surface area (Å²) in [7, 11) is 0. The lowest BCUT2D eigenvalue weighted by molar-refractivity contribution is 0.588. The molecule has 0 bridgehead atoms. The molecule has 0 aliphatic carbocycles. The molecule has 0 amide bonds. The predicted octanol–water partition coefficient (Wildman–Crippen LogP) is 2.06. The third-order valence-electron chi connectivity index (χ3n) is 3.45. The van der Waals surface area contributed by atoms with E-state index in [-0.39, 0.29) is 0 Å². The number of hydrogen-bond donors (Lipinski definition) is 2. The Labute approximate surface area is 117 Å². The number of aromatic nitrogens is 2. The highest BCUT2D eigenvalue weighted by Crippen LogP contribution is 2.22. The Hall–Kier alpha value is -1.52. The van der Waals surface area contributed by atoms with E-state index in [2.05, 4.69) is 32.5 Å². The van der Waals surface area contributed by atoms with Crippen LogP contribution in [-0.2, 0) is 6.42 Å². The molecule has 1 aliphatic rings. The third-order valence-corrected chi connectivity index (χ3v) is 3.70. The molecular formula is C14H17ClN4. The SMILES string of the molecule is Clc1ccc(Cc2[nH]ncc2N2CCNCC2)cc1. The Morgan fingerprint density at radius 1 is 1.16 bits per heavy atom. The van der Waals surface area contributed by atoms with E-state index in [4.69, 9.17) is 11.6 Å². The number of nitrogens with zero attached hydrogens (tertiary/aromatic N) is 2. The van der Waals surface area contributed by atoms with Gasteiger partial charge >= 0.3 is 0 Å². The van der Waals surface area contributed by atoms with Crippen molar-refractivity contribution in [3.8, 4) is 0 Å². The number of nitrogens with one attached hydrogen (secondary N) is 2. The molecule has 0 spiro atoms. The lowest BCUT2D eigenvalue weighted by atomic mass is 10.1. The summed E-state index contributed by atoms with van der Waals surface area (Å²) in [6, 6.07) is 7.98. The minimum absolute atomic E-state index is 0.774. The summed E-state index contributed by atoms with van der Waals surface area (Å²) in [5, 5.41) is 11.5. The topological polar surface area (TPSA) is 44.0 Å². The van der Waals surface area contributed by atoms with E-state index < -0.39 is 0 Å². The van der Waals surface area contributed by atoms with Crippen LogP contribution in [0.4, 0.5) is 5.69 Å². The lowest BCUT2D eigenvalue weighted by Crippen LogP contribution is -2.43. The van der Waals surface area contributed by atoms with Crippen LogP contribution in [0, 0.1) is 0 Å². The standard InChI is InChI=1S/C14H17ClN4/c15-12-3-1-11(2-4-12)9-13-14(10-17-18-13)19-7-5-16-6-8-19/h1-4,10,16H,5-9H2,(H,17,18). The smallest absolute Gasteiger partial charge is 0.0786 e. The third kappa shape index (κ3) is 2.91. The van der Waals surface area contributed by atoms with E-state index in [0.29, 0.717) is 0 Å². The van der Waals surface area contributed by atoms with Gasteiger partial charge in [0.1, 0.15) is 0 Å². The minimum Gasteiger partial charge on any atom is -0.366 e. The van der Waals surface area contributed by atoms with Crippen molar-refractivity contribution < 1.29 is 0 Å². The maximum absolute atomic E-state index is 5.91. The first-order valence-electron chi connectivity index (χ1n) is 6.55. The molecule has 0 radical (unpaired) electrons. The molecule has 100 valence electrons. The van der Waals surface area contributed by atoms with Crippen LogP contribution in [-0.4, -0.2) is 36.4 Å². The minimum atomic E-state index is 0.774. The van der Waals surface area contributed by atoms with Gasteiger partial charge in [-0.2, -0.15) is 5.10 Å². The summed E-state index contributed by atoms with van der Waals surface area (Å²) in [5.74, 6) is 0. The van der Waals surface area contributed by atoms with E-state index in [1.54, 1.807) is 0 Å². The van der Waals surface area contributed by atoms with Crippen molar-refractivity contribution in [2.24, 2.45) is 0 Å². The number of H-pyrrole nitrogens is 1. The summed E-state index contributed by atoms with van der Waals surface area (Å²) in [6.07, 6.45) is 2.78. The van der Waals surface area contributed by atoms with Gasteiger partial charge in [-0.05, 0) is 17.7 Å². The Bertz CT molecular complexity index is 529. The molecule has 3 rings (SSSR count). The molecule has 1 aliphatic heterocycles. The fourth-order valence-corrected chi connectivity index (χ4v) is 2.55. The fourth-order valence-electron chi connectivity index (χ4n) is 2.42. The molecule has 2 aromatic rings. The molecule has 2 N–H and O–H groups in total. The van der Waals surface area contributed by atoms with Gasteiger partial charge in [-0.1, -0.05) is 23.7 Å². The van der Waals surface area contributed by atoms with E-state index in [1.165, 1.54) is 16.9 Å². The first-order valence-corrected chi connectivity index (χ1v) is 6.93. The van der Waals surface area contributed by atoms with Crippen molar-refractivity contribution in [3.63, 3.8) is 0 Å². The normalized spacial score (nSPS) is 15.7. The van der Waals surface area contributed by atoms with Crippen molar-refractivity contribution in [1.29, 1.82) is 0 Å². The number of halogens is 1. The zero-order valence-electron chi connectivity index (χ0n) is 10.7. The van der Waals surface area contributed by atoms with Gasteiger partial charge < -0.3 is 10.2 Å². The van der Waals surface area contributed by atoms with Gasteiger partial charge in [-0.15, -0.1) is 0 Å². The lowest BCUT2D eigenvalue weighted by Gasteiger charge is -2.29. The van der Waals surface area contributed by atoms with Crippen LogP contribution in [0.15, 0.2) is 30.5 Å². The largest absolute Gasteiger partial charge is 0.366 e. The van der Waals surface area contributed by atoms with Crippen molar-refractivity contribution in [3.05, 3.63) is 46.7 Å². The molecule has 2 heterocycles. The molecular weight excluding hydrogens is 260 g/mol. The van der Waals surface area contributed by atoms with Crippen molar-refractivity contribution in [2.45, 2.75) is 6.42 Å². The van der Waals surface area contributed by atoms with Crippen LogP contribution in [0.5, 0.6) is 0 Å². The fraction of sp³-hybridized carbons (Fsp3) is 0.357. The first kappa shape index (κ1) is 12.5. The second-order valence-corrected chi connectivity index (χ2v) is 5.21. The molecule has 0 unspecified atom stereocenters. The summed E-state index contributed by atoms with van der Waals surface area (Å²) >= 11 is 5.91. The highest BCUT2D eigenvalue weighted by Gasteiger charge is 2.15. The molecule has 4 nitrogen and oxygen atoms in total. The number of anilines is 1. The quantitative estimate of drug-likeness (QED) is 0.902. The van der Waals surface area contributed by atoms with Gasteiger partial charge in [0.2, 0.25) is 0 Å². The number of hydrogen-bond acceptors (Lipinski definition) is 3. The molecule has 0 atom stereocenters. The van der Waals surface area contributed by atoms with Gasteiger partial charge in [-0.25, -0.2) is 0 Å². The molecule has 1 aromatic heterocycles. The van der Waals surface area contributed by atoms with Crippen molar-refractivity contribution >= 4 is 17.3 Å². The predicted molar refractivity (Wildman–Crippen MR) is 77.9 cm³/mol.